The summed E-state index contributed by atoms with van der Waals surface area (Å²) in [7, 11) is 1.91. The smallest absolute Gasteiger partial charge is 0.239 e. The van der Waals surface area contributed by atoms with Crippen LogP contribution < -0.4 is 5.32 Å². The zero-order chi connectivity index (χ0) is 18.0. The molecule has 0 fully saturated rings. The predicted molar refractivity (Wildman–Crippen MR) is 109 cm³/mol. The number of thioether (sulfide) groups is 1. The van der Waals surface area contributed by atoms with Crippen LogP contribution in [0, 0.1) is 13.8 Å². The van der Waals surface area contributed by atoms with Crippen LogP contribution in [0.5, 0.6) is 0 Å². The summed E-state index contributed by atoms with van der Waals surface area (Å²) in [5.41, 5.74) is 1.94. The van der Waals surface area contributed by atoms with E-state index in [9.17, 15) is 4.79 Å². The standard InChI is InChI=1S/C17H19N5OS2.ClH/c1-10-11(2)24-16(18-10)19-15(23)12(3)25-17-21-20-14(22(17)4)13-8-6-5-7-9-13;/h5-9,12H,1-4H3,(H,18,19,23);1H. The average molecular weight is 410 g/mol. The van der Waals surface area contributed by atoms with E-state index in [1.807, 2.05) is 62.7 Å². The Bertz CT molecular complexity index is 874. The molecule has 1 atom stereocenters. The molecule has 1 N–H and O–H groups in total. The van der Waals surface area contributed by atoms with Crippen molar-refractivity contribution in [2.45, 2.75) is 31.2 Å². The number of amides is 1. The largest absolute Gasteiger partial charge is 0.305 e. The third kappa shape index (κ3) is 4.44. The highest BCUT2D eigenvalue weighted by Gasteiger charge is 2.20. The summed E-state index contributed by atoms with van der Waals surface area (Å²) in [6.45, 7) is 5.78. The Morgan fingerprint density at radius 1 is 1.23 bits per heavy atom. The fourth-order valence-electron chi connectivity index (χ4n) is 2.20. The van der Waals surface area contributed by atoms with Crippen LogP contribution in [0.4, 0.5) is 5.13 Å². The number of nitrogens with one attached hydrogen (secondary N) is 1. The van der Waals surface area contributed by atoms with Crippen molar-refractivity contribution >= 4 is 46.5 Å². The van der Waals surface area contributed by atoms with Crippen molar-refractivity contribution in [2.24, 2.45) is 7.05 Å². The van der Waals surface area contributed by atoms with E-state index in [2.05, 4.69) is 20.5 Å². The second-order valence-corrected chi connectivity index (χ2v) is 8.15. The van der Waals surface area contributed by atoms with Gasteiger partial charge in [-0.05, 0) is 20.8 Å². The molecule has 1 unspecified atom stereocenters. The third-order valence-corrected chi connectivity index (χ3v) is 5.90. The topological polar surface area (TPSA) is 72.7 Å². The van der Waals surface area contributed by atoms with E-state index < -0.39 is 0 Å². The van der Waals surface area contributed by atoms with Gasteiger partial charge in [-0.1, -0.05) is 42.1 Å². The van der Waals surface area contributed by atoms with Crippen LogP contribution in [0.25, 0.3) is 11.4 Å². The number of anilines is 1. The quantitative estimate of drug-likeness (QED) is 0.642. The highest BCUT2D eigenvalue weighted by Crippen LogP contribution is 2.27. The Labute approximate surface area is 166 Å². The van der Waals surface area contributed by atoms with Crippen LogP contribution in [-0.2, 0) is 11.8 Å². The van der Waals surface area contributed by atoms with E-state index in [1.165, 1.54) is 23.1 Å². The zero-order valence-electron chi connectivity index (χ0n) is 14.9. The Morgan fingerprint density at radius 2 is 1.92 bits per heavy atom. The highest BCUT2D eigenvalue weighted by molar-refractivity contribution is 8.00. The first kappa shape index (κ1) is 20.4. The van der Waals surface area contributed by atoms with Crippen LogP contribution in [0.3, 0.4) is 0 Å². The second-order valence-electron chi connectivity index (χ2n) is 5.64. The molecule has 0 saturated heterocycles. The lowest BCUT2D eigenvalue weighted by Gasteiger charge is -2.10. The van der Waals surface area contributed by atoms with Crippen LogP contribution >= 0.6 is 35.5 Å². The summed E-state index contributed by atoms with van der Waals surface area (Å²) in [4.78, 5) is 17.9. The summed E-state index contributed by atoms with van der Waals surface area (Å²) in [6.07, 6.45) is 0. The minimum Gasteiger partial charge on any atom is -0.305 e. The van der Waals surface area contributed by atoms with E-state index in [-0.39, 0.29) is 23.6 Å². The molecule has 2 heterocycles. The van der Waals surface area contributed by atoms with E-state index in [0.29, 0.717) is 10.3 Å². The van der Waals surface area contributed by atoms with Gasteiger partial charge in [-0.15, -0.1) is 33.9 Å². The van der Waals surface area contributed by atoms with E-state index in [1.54, 1.807) is 0 Å². The van der Waals surface area contributed by atoms with Crippen LogP contribution in [0.15, 0.2) is 35.5 Å². The SMILES string of the molecule is Cc1nc(NC(=O)C(C)Sc2nnc(-c3ccccc3)n2C)sc1C.Cl. The zero-order valence-corrected chi connectivity index (χ0v) is 17.3. The predicted octanol–water partition coefficient (Wildman–Crippen LogP) is 4.10. The normalized spacial score (nSPS) is 11.7. The number of aromatic nitrogens is 4. The summed E-state index contributed by atoms with van der Waals surface area (Å²) in [5.74, 6) is 0.685. The fraction of sp³-hybridized carbons (Fsp3) is 0.294. The number of carbonyl (C=O) groups is 1. The Morgan fingerprint density at radius 3 is 2.54 bits per heavy atom. The Hall–Kier alpha value is -1.90. The van der Waals surface area contributed by atoms with Crippen molar-refractivity contribution in [1.82, 2.24) is 19.7 Å². The van der Waals surface area contributed by atoms with Crippen molar-refractivity contribution in [3.63, 3.8) is 0 Å². The molecule has 0 bridgehead atoms. The van der Waals surface area contributed by atoms with Gasteiger partial charge in [0, 0.05) is 17.5 Å². The van der Waals surface area contributed by atoms with Crippen molar-refractivity contribution in [2.75, 3.05) is 5.32 Å². The van der Waals surface area contributed by atoms with Gasteiger partial charge in [0.05, 0.1) is 10.9 Å². The monoisotopic (exact) mass is 409 g/mol. The van der Waals surface area contributed by atoms with Gasteiger partial charge in [0.2, 0.25) is 5.91 Å². The number of benzene rings is 1. The molecule has 138 valence electrons. The lowest BCUT2D eigenvalue weighted by Crippen LogP contribution is -2.22. The van der Waals surface area contributed by atoms with Gasteiger partial charge in [0.25, 0.3) is 0 Å². The highest BCUT2D eigenvalue weighted by atomic mass is 35.5. The molecule has 0 aliphatic carbocycles. The maximum absolute atomic E-state index is 12.4. The first-order valence-corrected chi connectivity index (χ1v) is 9.51. The molecule has 9 heteroatoms. The molecule has 0 aliphatic heterocycles. The molecule has 26 heavy (non-hydrogen) atoms. The maximum atomic E-state index is 12.4. The van der Waals surface area contributed by atoms with Gasteiger partial charge in [-0.3, -0.25) is 4.79 Å². The van der Waals surface area contributed by atoms with Gasteiger partial charge in [-0.2, -0.15) is 0 Å². The Balaban J connectivity index is 0.00000243. The summed E-state index contributed by atoms with van der Waals surface area (Å²) < 4.78 is 1.90. The van der Waals surface area contributed by atoms with Gasteiger partial charge in [0.15, 0.2) is 16.1 Å². The number of nitrogens with zero attached hydrogens (tertiary/aromatic N) is 4. The average Bonchev–Trinajstić information content (AvgIpc) is 3.11. The number of rotatable bonds is 5. The number of carbonyl (C=O) groups excluding carboxylic acids is 1. The van der Waals surface area contributed by atoms with Crippen molar-refractivity contribution < 1.29 is 4.79 Å². The molecule has 2 aromatic heterocycles. The van der Waals surface area contributed by atoms with Crippen molar-refractivity contribution in [3.8, 4) is 11.4 Å². The molecule has 0 spiro atoms. The van der Waals surface area contributed by atoms with Crippen LogP contribution in [0.1, 0.15) is 17.5 Å². The lowest BCUT2D eigenvalue weighted by atomic mass is 10.2. The van der Waals surface area contributed by atoms with Gasteiger partial charge < -0.3 is 9.88 Å². The molecular weight excluding hydrogens is 390 g/mol. The summed E-state index contributed by atoms with van der Waals surface area (Å²) >= 11 is 2.86. The molecule has 6 nitrogen and oxygen atoms in total. The molecule has 0 aliphatic rings. The fourth-order valence-corrected chi connectivity index (χ4v) is 3.83. The number of halogens is 1. The van der Waals surface area contributed by atoms with Crippen molar-refractivity contribution in [1.29, 1.82) is 0 Å². The molecule has 1 amide bonds. The number of hydrogen-bond acceptors (Lipinski definition) is 6. The molecule has 0 radical (unpaired) electrons. The van der Waals surface area contributed by atoms with Gasteiger partial charge >= 0.3 is 0 Å². The number of hydrogen-bond donors (Lipinski definition) is 1. The first-order valence-electron chi connectivity index (χ1n) is 7.82. The summed E-state index contributed by atoms with van der Waals surface area (Å²) in [6, 6.07) is 9.86. The number of thiazole rings is 1. The van der Waals surface area contributed by atoms with Gasteiger partial charge in [-0.25, -0.2) is 4.98 Å². The molecule has 1 aromatic carbocycles. The van der Waals surface area contributed by atoms with E-state index in [4.69, 9.17) is 0 Å². The molecule has 0 saturated carbocycles. The van der Waals surface area contributed by atoms with E-state index >= 15 is 0 Å². The lowest BCUT2D eigenvalue weighted by molar-refractivity contribution is -0.115. The molecular formula is C17H20ClN5OS2. The van der Waals surface area contributed by atoms with Crippen LogP contribution in [-0.4, -0.2) is 30.9 Å². The number of aryl methyl sites for hydroxylation is 2. The van der Waals surface area contributed by atoms with E-state index in [0.717, 1.165) is 22.0 Å². The maximum Gasteiger partial charge on any atom is 0.239 e. The molecule has 3 aromatic rings. The third-order valence-electron chi connectivity index (χ3n) is 3.78. The molecule has 3 rings (SSSR count). The minimum atomic E-state index is -0.309. The van der Waals surface area contributed by atoms with Gasteiger partial charge in [0.1, 0.15) is 0 Å². The Kier molecular flexibility index (Phi) is 6.80. The van der Waals surface area contributed by atoms with Crippen molar-refractivity contribution in [3.05, 3.63) is 40.9 Å². The summed E-state index contributed by atoms with van der Waals surface area (Å²) in [5, 5.41) is 12.4. The minimum absolute atomic E-state index is 0. The van der Waals surface area contributed by atoms with Crippen LogP contribution in [0.2, 0.25) is 0 Å². The second kappa shape index (κ2) is 8.66. The first-order chi connectivity index (χ1) is 12.0.